The van der Waals surface area contributed by atoms with E-state index in [1.807, 2.05) is 0 Å². The Morgan fingerprint density at radius 1 is 1.35 bits per heavy atom. The van der Waals surface area contributed by atoms with E-state index < -0.39 is 12.1 Å². The van der Waals surface area contributed by atoms with Gasteiger partial charge in [0.15, 0.2) is 0 Å². The third kappa shape index (κ3) is 3.35. The standard InChI is InChI=1S/C15H20N4O4/c1-19(8-11-9-4-2-3-5-12(9)23-18-11)13(20)7-6-10-14(21)17-15(22)16-10/h10H,2-8H2,1H3,(H2,16,17,21,22)/t10-/m0/s1. The van der Waals surface area contributed by atoms with Gasteiger partial charge >= 0.3 is 6.03 Å². The van der Waals surface area contributed by atoms with Crippen LogP contribution in [0.2, 0.25) is 0 Å². The van der Waals surface area contributed by atoms with Crippen LogP contribution >= 0.6 is 0 Å². The van der Waals surface area contributed by atoms with Crippen LogP contribution < -0.4 is 10.6 Å². The molecule has 1 saturated heterocycles. The highest BCUT2D eigenvalue weighted by Crippen LogP contribution is 2.25. The van der Waals surface area contributed by atoms with Crippen LogP contribution in [-0.2, 0) is 29.0 Å². The van der Waals surface area contributed by atoms with E-state index in [1.54, 1.807) is 11.9 Å². The molecule has 0 aromatic carbocycles. The third-order valence-corrected chi connectivity index (χ3v) is 4.35. The van der Waals surface area contributed by atoms with Crippen molar-refractivity contribution in [1.29, 1.82) is 0 Å². The highest BCUT2D eigenvalue weighted by Gasteiger charge is 2.30. The van der Waals surface area contributed by atoms with Crippen LogP contribution in [0.5, 0.6) is 0 Å². The van der Waals surface area contributed by atoms with Gasteiger partial charge in [-0.3, -0.25) is 14.9 Å². The van der Waals surface area contributed by atoms with Crippen LogP contribution in [0.15, 0.2) is 4.52 Å². The molecule has 1 fully saturated rings. The van der Waals surface area contributed by atoms with Gasteiger partial charge in [0, 0.05) is 25.5 Å². The first-order valence-electron chi connectivity index (χ1n) is 7.86. The summed E-state index contributed by atoms with van der Waals surface area (Å²) < 4.78 is 5.35. The maximum Gasteiger partial charge on any atom is 0.322 e. The Bertz CT molecular complexity index is 639. The molecular formula is C15H20N4O4. The number of fused-ring (bicyclic) bond motifs is 1. The molecule has 1 aromatic heterocycles. The predicted molar refractivity (Wildman–Crippen MR) is 79.3 cm³/mol. The van der Waals surface area contributed by atoms with E-state index in [1.165, 1.54) is 0 Å². The van der Waals surface area contributed by atoms with Gasteiger partial charge in [0.2, 0.25) is 5.91 Å². The molecule has 2 heterocycles. The van der Waals surface area contributed by atoms with Crippen molar-refractivity contribution < 1.29 is 18.9 Å². The highest BCUT2D eigenvalue weighted by atomic mass is 16.5. The van der Waals surface area contributed by atoms with Gasteiger partial charge in [-0.25, -0.2) is 4.79 Å². The van der Waals surface area contributed by atoms with E-state index >= 15 is 0 Å². The van der Waals surface area contributed by atoms with Crippen molar-refractivity contribution in [2.75, 3.05) is 7.05 Å². The first kappa shape index (κ1) is 15.5. The Morgan fingerprint density at radius 3 is 2.87 bits per heavy atom. The van der Waals surface area contributed by atoms with Gasteiger partial charge in [-0.2, -0.15) is 0 Å². The average Bonchev–Trinajstić information content (AvgIpc) is 3.08. The largest absolute Gasteiger partial charge is 0.361 e. The fraction of sp³-hybridized carbons (Fsp3) is 0.600. The lowest BCUT2D eigenvalue weighted by molar-refractivity contribution is -0.130. The van der Waals surface area contributed by atoms with Crippen LogP contribution in [0.1, 0.15) is 42.7 Å². The quantitative estimate of drug-likeness (QED) is 0.769. The monoisotopic (exact) mass is 320 g/mol. The second-order valence-corrected chi connectivity index (χ2v) is 6.04. The first-order valence-corrected chi connectivity index (χ1v) is 7.86. The van der Waals surface area contributed by atoms with E-state index in [9.17, 15) is 14.4 Å². The summed E-state index contributed by atoms with van der Waals surface area (Å²) in [5.74, 6) is 0.472. The summed E-state index contributed by atoms with van der Waals surface area (Å²) in [6.45, 7) is 0.404. The fourth-order valence-electron chi connectivity index (χ4n) is 3.01. The molecule has 8 heteroatoms. The van der Waals surface area contributed by atoms with Gasteiger partial charge in [0.25, 0.3) is 5.91 Å². The molecule has 1 aliphatic heterocycles. The minimum Gasteiger partial charge on any atom is -0.361 e. The second kappa shape index (κ2) is 6.39. The van der Waals surface area contributed by atoms with Crippen molar-refractivity contribution in [1.82, 2.24) is 20.7 Å². The van der Waals surface area contributed by atoms with E-state index in [0.29, 0.717) is 6.54 Å². The van der Waals surface area contributed by atoms with E-state index in [-0.39, 0.29) is 24.7 Å². The number of imide groups is 1. The molecule has 3 rings (SSSR count). The summed E-state index contributed by atoms with van der Waals surface area (Å²) in [7, 11) is 1.71. The molecule has 1 atom stereocenters. The fourth-order valence-corrected chi connectivity index (χ4v) is 3.01. The van der Waals surface area contributed by atoms with Crippen molar-refractivity contribution in [2.24, 2.45) is 0 Å². The second-order valence-electron chi connectivity index (χ2n) is 6.04. The third-order valence-electron chi connectivity index (χ3n) is 4.35. The zero-order chi connectivity index (χ0) is 16.4. The Labute approximate surface area is 133 Å². The van der Waals surface area contributed by atoms with Crippen LogP contribution in [0, 0.1) is 0 Å². The maximum absolute atomic E-state index is 12.2. The van der Waals surface area contributed by atoms with Crippen LogP contribution in [-0.4, -0.2) is 41.0 Å². The molecule has 0 bridgehead atoms. The lowest BCUT2D eigenvalue weighted by atomic mass is 9.96. The lowest BCUT2D eigenvalue weighted by Crippen LogP contribution is -2.32. The molecule has 0 saturated carbocycles. The first-order chi connectivity index (χ1) is 11.0. The maximum atomic E-state index is 12.2. The van der Waals surface area contributed by atoms with Crippen molar-refractivity contribution in [3.63, 3.8) is 0 Å². The summed E-state index contributed by atoms with van der Waals surface area (Å²) in [5, 5.41) is 8.73. The van der Waals surface area contributed by atoms with Crippen LogP contribution in [0.25, 0.3) is 0 Å². The highest BCUT2D eigenvalue weighted by molar-refractivity contribution is 6.04. The molecular weight excluding hydrogens is 300 g/mol. The van der Waals surface area contributed by atoms with Gasteiger partial charge in [-0.15, -0.1) is 0 Å². The molecule has 0 unspecified atom stereocenters. The molecule has 1 aliphatic carbocycles. The summed E-state index contributed by atoms with van der Waals surface area (Å²) in [6, 6.07) is -1.13. The Morgan fingerprint density at radius 2 is 2.13 bits per heavy atom. The number of carbonyl (C=O) groups is 3. The van der Waals surface area contributed by atoms with Crippen LogP contribution in [0.4, 0.5) is 4.79 Å². The zero-order valence-corrected chi connectivity index (χ0v) is 13.1. The van der Waals surface area contributed by atoms with Crippen molar-refractivity contribution in [3.05, 3.63) is 17.0 Å². The molecule has 0 spiro atoms. The number of amides is 4. The Balaban J connectivity index is 1.53. The molecule has 2 aliphatic rings. The topological polar surface area (TPSA) is 105 Å². The summed E-state index contributed by atoms with van der Waals surface area (Å²) >= 11 is 0. The Hall–Kier alpha value is -2.38. The van der Waals surface area contributed by atoms with E-state index in [0.717, 1.165) is 42.7 Å². The number of rotatable bonds is 5. The molecule has 2 N–H and O–H groups in total. The minimum atomic E-state index is -0.625. The van der Waals surface area contributed by atoms with E-state index in [2.05, 4.69) is 15.8 Å². The number of nitrogens with one attached hydrogen (secondary N) is 2. The molecule has 1 aromatic rings. The van der Waals surface area contributed by atoms with Crippen molar-refractivity contribution in [2.45, 2.75) is 51.1 Å². The normalized spacial score (nSPS) is 20.0. The minimum absolute atomic E-state index is 0.0912. The van der Waals surface area contributed by atoms with Gasteiger partial charge in [0.05, 0.1) is 6.54 Å². The number of hydrogen-bond acceptors (Lipinski definition) is 5. The number of aryl methyl sites for hydroxylation is 1. The average molecular weight is 320 g/mol. The number of carbonyl (C=O) groups excluding carboxylic acids is 3. The van der Waals surface area contributed by atoms with Gasteiger partial charge < -0.3 is 14.7 Å². The SMILES string of the molecule is CN(Cc1noc2c1CCCC2)C(=O)CC[C@@H]1NC(=O)NC1=O. The summed E-state index contributed by atoms with van der Waals surface area (Å²) in [4.78, 5) is 36.3. The molecule has 124 valence electrons. The summed E-state index contributed by atoms with van der Waals surface area (Å²) in [5.41, 5.74) is 1.96. The van der Waals surface area contributed by atoms with Gasteiger partial charge in [-0.05, 0) is 25.7 Å². The van der Waals surface area contributed by atoms with Crippen molar-refractivity contribution >= 4 is 17.8 Å². The predicted octanol–water partition coefficient (Wildman–Crippen LogP) is 0.500. The molecule has 8 nitrogen and oxygen atoms in total. The number of urea groups is 1. The van der Waals surface area contributed by atoms with E-state index in [4.69, 9.17) is 4.52 Å². The smallest absolute Gasteiger partial charge is 0.322 e. The summed E-state index contributed by atoms with van der Waals surface area (Å²) in [6.07, 6.45) is 4.58. The van der Waals surface area contributed by atoms with Gasteiger partial charge in [0.1, 0.15) is 17.5 Å². The van der Waals surface area contributed by atoms with Crippen LogP contribution in [0.3, 0.4) is 0 Å². The lowest BCUT2D eigenvalue weighted by Gasteiger charge is -2.18. The van der Waals surface area contributed by atoms with Crippen molar-refractivity contribution in [3.8, 4) is 0 Å². The number of aromatic nitrogens is 1. The van der Waals surface area contributed by atoms with Gasteiger partial charge in [-0.1, -0.05) is 5.16 Å². The molecule has 0 radical (unpaired) electrons. The number of nitrogens with zero attached hydrogens (tertiary/aromatic N) is 2. The Kier molecular flexibility index (Phi) is 4.31. The molecule has 23 heavy (non-hydrogen) atoms. The number of hydrogen-bond donors (Lipinski definition) is 2. The zero-order valence-electron chi connectivity index (χ0n) is 13.1. The molecule has 4 amide bonds.